The maximum Gasteiger partial charge on any atom is 0.418 e. The van der Waals surface area contributed by atoms with E-state index in [4.69, 9.17) is 10.5 Å². The quantitative estimate of drug-likeness (QED) is 0.437. The number of carbonyl (C=O) groups excluding carboxylic acids is 2. The molecule has 0 unspecified atom stereocenters. The first-order chi connectivity index (χ1) is 19.3. The monoisotopic (exact) mass is 584 g/mol. The number of hydrogen-bond acceptors (Lipinski definition) is 6. The lowest BCUT2D eigenvalue weighted by atomic mass is 9.86. The first-order valence-corrected chi connectivity index (χ1v) is 12.8. The average molecular weight is 585 g/mol. The highest BCUT2D eigenvalue weighted by molar-refractivity contribution is 5.98. The molecule has 2 amide bonds. The van der Waals surface area contributed by atoms with Crippen molar-refractivity contribution in [2.75, 3.05) is 25.9 Å². The fraction of sp³-hybridized carbons (Fsp3) is 0.462. The molecule has 1 aliphatic carbocycles. The SMILES string of the molecule is COc1ccc(-c2cc(C(F)(F)F)c3c(N)ncnn23)cc1C(=O)N[C@@H]1CN(C(=O)C2CCC(F)(F)CC2)C[C@@H]1F. The molecular weight excluding hydrogens is 558 g/mol. The number of nitrogens with two attached hydrogens (primary N) is 1. The molecule has 2 aromatic heterocycles. The molecule has 9 nitrogen and oxygen atoms in total. The second-order valence-corrected chi connectivity index (χ2v) is 10.2. The van der Waals surface area contributed by atoms with E-state index in [-0.39, 0.29) is 54.3 Å². The van der Waals surface area contributed by atoms with E-state index in [1.807, 2.05) is 0 Å². The zero-order valence-corrected chi connectivity index (χ0v) is 21.7. The molecule has 5 rings (SSSR count). The third-order valence-electron chi connectivity index (χ3n) is 7.57. The van der Waals surface area contributed by atoms with Crippen molar-refractivity contribution in [2.24, 2.45) is 5.92 Å². The molecule has 41 heavy (non-hydrogen) atoms. The van der Waals surface area contributed by atoms with Crippen molar-refractivity contribution in [1.82, 2.24) is 24.8 Å². The van der Waals surface area contributed by atoms with Crippen molar-refractivity contribution in [3.63, 3.8) is 0 Å². The molecule has 3 N–H and O–H groups in total. The number of aromatic nitrogens is 3. The highest BCUT2D eigenvalue weighted by Crippen LogP contribution is 2.40. The summed E-state index contributed by atoms with van der Waals surface area (Å²) in [7, 11) is 1.29. The largest absolute Gasteiger partial charge is 0.496 e. The summed E-state index contributed by atoms with van der Waals surface area (Å²) in [5.74, 6) is -4.97. The van der Waals surface area contributed by atoms with E-state index >= 15 is 0 Å². The minimum atomic E-state index is -4.77. The zero-order chi connectivity index (χ0) is 29.7. The lowest BCUT2D eigenvalue weighted by Crippen LogP contribution is -2.43. The molecule has 2 fully saturated rings. The first kappa shape index (κ1) is 28.5. The van der Waals surface area contributed by atoms with Gasteiger partial charge in [-0.1, -0.05) is 0 Å². The predicted octanol–water partition coefficient (Wildman–Crippen LogP) is 4.11. The van der Waals surface area contributed by atoms with Gasteiger partial charge in [-0.15, -0.1) is 0 Å². The van der Waals surface area contributed by atoms with Gasteiger partial charge in [-0.25, -0.2) is 22.7 Å². The Bertz CT molecular complexity index is 1480. The van der Waals surface area contributed by atoms with Crippen molar-refractivity contribution in [1.29, 1.82) is 0 Å². The van der Waals surface area contributed by atoms with E-state index in [2.05, 4.69) is 15.4 Å². The second-order valence-electron chi connectivity index (χ2n) is 10.2. The van der Waals surface area contributed by atoms with Crippen LogP contribution in [0.2, 0.25) is 0 Å². The Morgan fingerprint density at radius 2 is 1.85 bits per heavy atom. The molecule has 1 saturated heterocycles. The number of alkyl halides is 6. The molecule has 15 heteroatoms. The first-order valence-electron chi connectivity index (χ1n) is 12.8. The van der Waals surface area contributed by atoms with Gasteiger partial charge in [0.05, 0.1) is 36.5 Å². The Morgan fingerprint density at radius 3 is 2.51 bits per heavy atom. The van der Waals surface area contributed by atoms with Gasteiger partial charge in [-0.05, 0) is 37.1 Å². The standard InChI is InChI=1S/C26H26F6N6O3/c1-41-20-3-2-14(19-9-16(26(30,31)32)21-22(33)34-12-35-38(19)21)8-15(20)23(39)36-18-11-37(10-17(18)27)24(40)13-4-6-25(28,29)7-5-13/h2-3,8-9,12-13,17-18H,4-7,10-11H2,1H3,(H,36,39)(H2,33,34,35)/t17-,18+/m0/s1. The Balaban J connectivity index is 1.38. The summed E-state index contributed by atoms with van der Waals surface area (Å²) in [6.45, 7) is -0.458. The minimum Gasteiger partial charge on any atom is -0.496 e. The summed E-state index contributed by atoms with van der Waals surface area (Å²) in [4.78, 5) is 31.0. The lowest BCUT2D eigenvalue weighted by molar-refractivity contribution is -0.139. The smallest absolute Gasteiger partial charge is 0.418 e. The van der Waals surface area contributed by atoms with Gasteiger partial charge in [0.2, 0.25) is 11.8 Å². The van der Waals surface area contributed by atoms with Crippen LogP contribution in [0.5, 0.6) is 5.75 Å². The Labute approximate surface area is 229 Å². The number of hydrogen-bond donors (Lipinski definition) is 2. The number of benzene rings is 1. The van der Waals surface area contributed by atoms with E-state index in [1.54, 1.807) is 0 Å². The normalized spacial score (nSPS) is 21.3. The molecule has 1 aromatic carbocycles. The predicted molar refractivity (Wildman–Crippen MR) is 134 cm³/mol. The topological polar surface area (TPSA) is 115 Å². The molecule has 3 aromatic rings. The van der Waals surface area contributed by atoms with Crippen LogP contribution in [0, 0.1) is 5.92 Å². The third kappa shape index (κ3) is 5.48. The van der Waals surface area contributed by atoms with Gasteiger partial charge < -0.3 is 20.7 Å². The Morgan fingerprint density at radius 1 is 1.15 bits per heavy atom. The van der Waals surface area contributed by atoms with Gasteiger partial charge >= 0.3 is 6.18 Å². The minimum absolute atomic E-state index is 0.00133. The zero-order valence-electron chi connectivity index (χ0n) is 21.7. The van der Waals surface area contributed by atoms with Gasteiger partial charge in [-0.2, -0.15) is 18.3 Å². The van der Waals surface area contributed by atoms with Crippen LogP contribution in [0.1, 0.15) is 41.6 Å². The Kier molecular flexibility index (Phi) is 7.24. The second kappa shape index (κ2) is 10.4. The van der Waals surface area contributed by atoms with E-state index in [9.17, 15) is 35.9 Å². The third-order valence-corrected chi connectivity index (χ3v) is 7.57. The number of rotatable bonds is 5. The molecule has 2 aliphatic rings. The highest BCUT2D eigenvalue weighted by atomic mass is 19.4. The molecule has 0 radical (unpaired) electrons. The number of carbonyl (C=O) groups is 2. The van der Waals surface area contributed by atoms with Crippen molar-refractivity contribution < 1.29 is 40.7 Å². The number of nitrogens with one attached hydrogen (secondary N) is 1. The number of fused-ring (bicyclic) bond motifs is 1. The molecule has 1 saturated carbocycles. The van der Waals surface area contributed by atoms with Gasteiger partial charge in [0.15, 0.2) is 5.82 Å². The van der Waals surface area contributed by atoms with Crippen molar-refractivity contribution in [3.8, 4) is 17.0 Å². The highest BCUT2D eigenvalue weighted by Gasteiger charge is 2.43. The number of nitrogen functional groups attached to an aromatic ring is 1. The average Bonchev–Trinajstić information content (AvgIpc) is 3.49. The molecule has 220 valence electrons. The van der Waals surface area contributed by atoms with E-state index in [0.717, 1.165) is 16.9 Å². The fourth-order valence-corrected chi connectivity index (χ4v) is 5.41. The van der Waals surface area contributed by atoms with Crippen LogP contribution in [0.3, 0.4) is 0 Å². The summed E-state index contributed by atoms with van der Waals surface area (Å²) < 4.78 is 89.4. The lowest BCUT2D eigenvalue weighted by Gasteiger charge is -2.30. The summed E-state index contributed by atoms with van der Waals surface area (Å²) in [5, 5.41) is 6.43. The molecule has 3 heterocycles. The molecule has 0 spiro atoms. The molecule has 2 atom stereocenters. The number of amides is 2. The molecular formula is C26H26F6N6O3. The summed E-state index contributed by atoms with van der Waals surface area (Å²) in [6.07, 6.45) is -6.21. The van der Waals surface area contributed by atoms with Crippen LogP contribution < -0.4 is 15.8 Å². The van der Waals surface area contributed by atoms with E-state index < -0.39 is 66.0 Å². The number of methoxy groups -OCH3 is 1. The Hall–Kier alpha value is -4.04. The number of ether oxygens (including phenoxy) is 1. The van der Waals surface area contributed by atoms with E-state index in [1.165, 1.54) is 30.2 Å². The van der Waals surface area contributed by atoms with Crippen molar-refractivity contribution in [3.05, 3.63) is 41.7 Å². The van der Waals surface area contributed by atoms with Crippen molar-refractivity contribution >= 4 is 23.1 Å². The number of anilines is 1. The van der Waals surface area contributed by atoms with Crippen LogP contribution >= 0.6 is 0 Å². The van der Waals surface area contributed by atoms with Gasteiger partial charge in [0.1, 0.15) is 23.8 Å². The van der Waals surface area contributed by atoms with Crippen LogP contribution in [-0.2, 0) is 11.0 Å². The van der Waals surface area contributed by atoms with Crippen LogP contribution in [-0.4, -0.2) is 69.6 Å². The van der Waals surface area contributed by atoms with E-state index in [0.29, 0.717) is 0 Å². The summed E-state index contributed by atoms with van der Waals surface area (Å²) in [5.41, 5.74) is 4.23. The number of halogens is 6. The number of likely N-dealkylation sites (tertiary alicyclic amines) is 1. The van der Waals surface area contributed by atoms with Gasteiger partial charge in [-0.3, -0.25) is 9.59 Å². The number of nitrogens with zero attached hydrogens (tertiary/aromatic N) is 4. The summed E-state index contributed by atoms with van der Waals surface area (Å²) in [6, 6.07) is 3.82. The van der Waals surface area contributed by atoms with Crippen LogP contribution in [0.15, 0.2) is 30.6 Å². The van der Waals surface area contributed by atoms with Gasteiger partial charge in [0.25, 0.3) is 5.91 Å². The van der Waals surface area contributed by atoms with Crippen molar-refractivity contribution in [2.45, 2.75) is 50.0 Å². The van der Waals surface area contributed by atoms with Crippen LogP contribution in [0.4, 0.5) is 32.2 Å². The molecule has 1 aliphatic heterocycles. The maximum absolute atomic E-state index is 14.9. The maximum atomic E-state index is 14.9. The van der Waals surface area contributed by atoms with Crippen LogP contribution in [0.25, 0.3) is 16.8 Å². The summed E-state index contributed by atoms with van der Waals surface area (Å²) >= 11 is 0. The molecule has 0 bridgehead atoms. The fourth-order valence-electron chi connectivity index (χ4n) is 5.41. The van der Waals surface area contributed by atoms with Gasteiger partial charge in [0, 0.05) is 30.9 Å².